The normalized spacial score (nSPS) is 24.1. The fraction of sp³-hybridized carbons (Fsp3) is 0.800. The van der Waals surface area contributed by atoms with Crippen molar-refractivity contribution in [2.24, 2.45) is 5.90 Å². The van der Waals surface area contributed by atoms with E-state index in [1.165, 1.54) is 4.90 Å². The zero-order valence-corrected chi connectivity index (χ0v) is 5.49. The van der Waals surface area contributed by atoms with Crippen molar-refractivity contribution in [3.63, 3.8) is 0 Å². The summed E-state index contributed by atoms with van der Waals surface area (Å²) < 4.78 is 0. The monoisotopic (exact) mass is 146 g/mol. The first-order valence-electron chi connectivity index (χ1n) is 3.07. The lowest BCUT2D eigenvalue weighted by atomic mass is 10.1. The van der Waals surface area contributed by atoms with E-state index in [9.17, 15) is 4.79 Å². The predicted octanol–water partition coefficient (Wildman–Crippen LogP) is -0.371. The first-order chi connectivity index (χ1) is 4.75. The molecule has 1 fully saturated rings. The largest absolute Gasteiger partial charge is 0.465 e. The van der Waals surface area contributed by atoms with E-state index in [0.717, 1.165) is 6.42 Å². The molecule has 1 rings (SSSR count). The highest BCUT2D eigenvalue weighted by molar-refractivity contribution is 5.66. The fourth-order valence-electron chi connectivity index (χ4n) is 0.977. The summed E-state index contributed by atoms with van der Waals surface area (Å²) in [7, 11) is 0. The summed E-state index contributed by atoms with van der Waals surface area (Å²) in [6, 6.07) is -0.0255. The van der Waals surface area contributed by atoms with E-state index in [1.54, 1.807) is 0 Å². The summed E-state index contributed by atoms with van der Waals surface area (Å²) in [5.74, 6) is 4.78. The van der Waals surface area contributed by atoms with Crippen molar-refractivity contribution >= 4 is 6.09 Å². The Labute approximate surface area is 58.3 Å². The summed E-state index contributed by atoms with van der Waals surface area (Å²) in [6.45, 7) is 0.898. The molecule has 0 saturated carbocycles. The van der Waals surface area contributed by atoms with Crippen molar-refractivity contribution in [1.82, 2.24) is 4.90 Å². The fourth-order valence-corrected chi connectivity index (χ4v) is 0.977. The third-order valence-corrected chi connectivity index (χ3v) is 1.68. The van der Waals surface area contributed by atoms with Gasteiger partial charge < -0.3 is 14.8 Å². The SMILES string of the molecule is NOCC1CCN1C(=O)O. The molecule has 3 N–H and O–H groups in total. The minimum absolute atomic E-state index is 0.0255. The van der Waals surface area contributed by atoms with Crippen LogP contribution in [0.15, 0.2) is 0 Å². The number of likely N-dealkylation sites (tertiary alicyclic amines) is 1. The van der Waals surface area contributed by atoms with Crippen molar-refractivity contribution in [1.29, 1.82) is 0 Å². The van der Waals surface area contributed by atoms with E-state index in [0.29, 0.717) is 13.2 Å². The molecule has 5 nitrogen and oxygen atoms in total. The van der Waals surface area contributed by atoms with Crippen molar-refractivity contribution in [2.45, 2.75) is 12.5 Å². The van der Waals surface area contributed by atoms with Gasteiger partial charge in [-0.25, -0.2) is 10.7 Å². The van der Waals surface area contributed by atoms with Gasteiger partial charge in [0.05, 0.1) is 12.6 Å². The summed E-state index contributed by atoms with van der Waals surface area (Å²) in [4.78, 5) is 15.9. The maximum Gasteiger partial charge on any atom is 0.407 e. The van der Waals surface area contributed by atoms with Crippen LogP contribution < -0.4 is 5.90 Å². The van der Waals surface area contributed by atoms with Gasteiger partial charge in [-0.15, -0.1) is 0 Å². The van der Waals surface area contributed by atoms with Crippen molar-refractivity contribution in [2.75, 3.05) is 13.2 Å². The molecule has 0 aliphatic carbocycles. The molecule has 0 bridgehead atoms. The van der Waals surface area contributed by atoms with Crippen LogP contribution in [0.5, 0.6) is 0 Å². The van der Waals surface area contributed by atoms with Gasteiger partial charge in [-0.2, -0.15) is 0 Å². The molecular formula is C5H10N2O3. The lowest BCUT2D eigenvalue weighted by Gasteiger charge is -2.37. The number of rotatable bonds is 2. The maximum atomic E-state index is 10.3. The highest BCUT2D eigenvalue weighted by Crippen LogP contribution is 2.16. The molecule has 1 unspecified atom stereocenters. The molecule has 0 aromatic rings. The van der Waals surface area contributed by atoms with Gasteiger partial charge in [-0.05, 0) is 6.42 Å². The minimum atomic E-state index is -0.895. The van der Waals surface area contributed by atoms with Gasteiger partial charge in [-0.3, -0.25) is 0 Å². The number of hydrogen-bond donors (Lipinski definition) is 2. The van der Waals surface area contributed by atoms with Crippen LogP contribution in [0.25, 0.3) is 0 Å². The highest BCUT2D eigenvalue weighted by Gasteiger charge is 2.31. The summed E-state index contributed by atoms with van der Waals surface area (Å²) in [5.41, 5.74) is 0. The second-order valence-electron chi connectivity index (χ2n) is 2.25. The third kappa shape index (κ3) is 1.19. The molecule has 1 heterocycles. The highest BCUT2D eigenvalue weighted by atomic mass is 16.6. The van der Waals surface area contributed by atoms with E-state index in [4.69, 9.17) is 11.0 Å². The Morgan fingerprint density at radius 2 is 2.60 bits per heavy atom. The number of hydrogen-bond acceptors (Lipinski definition) is 3. The van der Waals surface area contributed by atoms with Gasteiger partial charge >= 0.3 is 6.09 Å². The smallest absolute Gasteiger partial charge is 0.407 e. The molecule has 10 heavy (non-hydrogen) atoms. The maximum absolute atomic E-state index is 10.3. The Bertz CT molecular complexity index is 139. The third-order valence-electron chi connectivity index (χ3n) is 1.68. The van der Waals surface area contributed by atoms with Crippen LogP contribution in [0.3, 0.4) is 0 Å². The molecule has 1 saturated heterocycles. The summed E-state index contributed by atoms with van der Waals surface area (Å²) >= 11 is 0. The van der Waals surface area contributed by atoms with E-state index in [1.807, 2.05) is 0 Å². The summed E-state index contributed by atoms with van der Waals surface area (Å²) in [5, 5.41) is 8.46. The van der Waals surface area contributed by atoms with Crippen molar-refractivity contribution < 1.29 is 14.7 Å². The number of nitrogens with zero attached hydrogens (tertiary/aromatic N) is 1. The lowest BCUT2D eigenvalue weighted by Crippen LogP contribution is -2.53. The van der Waals surface area contributed by atoms with Gasteiger partial charge in [0.15, 0.2) is 0 Å². The number of nitrogens with two attached hydrogens (primary N) is 1. The number of carboxylic acid groups (broad SMARTS) is 1. The van der Waals surface area contributed by atoms with Crippen LogP contribution in [0.4, 0.5) is 4.79 Å². The van der Waals surface area contributed by atoms with E-state index < -0.39 is 6.09 Å². The number of carbonyl (C=O) groups is 1. The average molecular weight is 146 g/mol. The van der Waals surface area contributed by atoms with E-state index in [-0.39, 0.29) is 6.04 Å². The lowest BCUT2D eigenvalue weighted by molar-refractivity contribution is 0.0120. The quantitative estimate of drug-likeness (QED) is 0.521. The predicted molar refractivity (Wildman–Crippen MR) is 33.3 cm³/mol. The number of amides is 1. The van der Waals surface area contributed by atoms with Gasteiger partial charge in [0, 0.05) is 6.54 Å². The molecule has 5 heteroatoms. The van der Waals surface area contributed by atoms with Gasteiger partial charge in [-0.1, -0.05) is 0 Å². The molecule has 0 aromatic heterocycles. The first-order valence-corrected chi connectivity index (χ1v) is 3.07. The van der Waals surface area contributed by atoms with E-state index in [2.05, 4.69) is 4.84 Å². The van der Waals surface area contributed by atoms with Crippen LogP contribution in [0.1, 0.15) is 6.42 Å². The minimum Gasteiger partial charge on any atom is -0.465 e. The molecule has 0 spiro atoms. The molecule has 0 aromatic carbocycles. The topological polar surface area (TPSA) is 75.8 Å². The Morgan fingerprint density at radius 3 is 2.90 bits per heavy atom. The van der Waals surface area contributed by atoms with Gasteiger partial charge in [0.2, 0.25) is 0 Å². The molecule has 1 aliphatic rings. The Morgan fingerprint density at radius 1 is 1.90 bits per heavy atom. The molecule has 0 radical (unpaired) electrons. The Balaban J connectivity index is 2.28. The zero-order valence-electron chi connectivity index (χ0n) is 5.49. The van der Waals surface area contributed by atoms with Crippen molar-refractivity contribution in [3.05, 3.63) is 0 Å². The molecule has 1 atom stereocenters. The average Bonchev–Trinajstić information content (AvgIpc) is 1.78. The first kappa shape index (κ1) is 7.30. The second-order valence-corrected chi connectivity index (χ2v) is 2.25. The molecular weight excluding hydrogens is 136 g/mol. The zero-order chi connectivity index (χ0) is 7.56. The van der Waals surface area contributed by atoms with E-state index >= 15 is 0 Å². The van der Waals surface area contributed by atoms with Crippen LogP contribution in [-0.4, -0.2) is 35.3 Å². The van der Waals surface area contributed by atoms with Gasteiger partial charge in [0.25, 0.3) is 0 Å². The summed E-state index contributed by atoms with van der Waals surface area (Å²) in [6.07, 6.45) is -0.0444. The Hall–Kier alpha value is -0.810. The van der Waals surface area contributed by atoms with Crippen molar-refractivity contribution in [3.8, 4) is 0 Å². The molecule has 58 valence electrons. The standard InChI is InChI=1S/C5H10N2O3/c6-10-3-4-1-2-7(4)5(8)9/h4H,1-3,6H2,(H,8,9). The van der Waals surface area contributed by atoms with Crippen LogP contribution >= 0.6 is 0 Å². The Kier molecular flexibility index (Phi) is 2.08. The van der Waals surface area contributed by atoms with Crippen LogP contribution in [0, 0.1) is 0 Å². The molecule has 1 aliphatic heterocycles. The van der Waals surface area contributed by atoms with Crippen LogP contribution in [0.2, 0.25) is 0 Å². The van der Waals surface area contributed by atoms with Gasteiger partial charge in [0.1, 0.15) is 0 Å². The van der Waals surface area contributed by atoms with Crippen LogP contribution in [-0.2, 0) is 4.84 Å². The molecule has 1 amide bonds. The second kappa shape index (κ2) is 2.85.